The van der Waals surface area contributed by atoms with Crippen LogP contribution in [0.4, 0.5) is 0 Å². The van der Waals surface area contributed by atoms with Crippen LogP contribution in [0.3, 0.4) is 0 Å². The molecule has 8 nitrogen and oxygen atoms in total. The summed E-state index contributed by atoms with van der Waals surface area (Å²) in [6, 6.07) is 17.7. The molecule has 1 aliphatic carbocycles. The van der Waals surface area contributed by atoms with Crippen molar-refractivity contribution in [3.8, 4) is 0 Å². The maximum Gasteiger partial charge on any atom is 0.287 e. The molecule has 0 radical (unpaired) electrons. The second-order valence-corrected chi connectivity index (χ2v) is 9.49. The lowest BCUT2D eigenvalue weighted by Crippen LogP contribution is -2.32. The number of aromatic nitrogens is 3. The Labute approximate surface area is 212 Å². The van der Waals surface area contributed by atoms with E-state index in [1.54, 1.807) is 12.1 Å². The molecule has 1 unspecified atom stereocenters. The van der Waals surface area contributed by atoms with Crippen molar-refractivity contribution in [3.63, 3.8) is 0 Å². The molecule has 9 heteroatoms. The van der Waals surface area contributed by atoms with E-state index in [9.17, 15) is 10.0 Å². The Hall–Kier alpha value is -3.11. The van der Waals surface area contributed by atoms with Crippen molar-refractivity contribution in [2.75, 3.05) is 0 Å². The molecule has 35 heavy (non-hydrogen) atoms. The monoisotopic (exact) mass is 534 g/mol. The molecule has 0 spiro atoms. The highest BCUT2D eigenvalue weighted by Gasteiger charge is 2.28. The van der Waals surface area contributed by atoms with Crippen LogP contribution >= 0.6 is 16.1 Å². The lowest BCUT2D eigenvalue weighted by molar-refractivity contribution is 0.0208. The van der Waals surface area contributed by atoms with E-state index in [4.69, 9.17) is 15.7 Å². The van der Waals surface area contributed by atoms with Gasteiger partial charge in [0.1, 0.15) is 5.82 Å². The fourth-order valence-corrected chi connectivity index (χ4v) is 5.12. The number of benzene rings is 2. The largest absolute Gasteiger partial charge is 0.341 e. The van der Waals surface area contributed by atoms with E-state index in [0.29, 0.717) is 22.7 Å². The lowest BCUT2D eigenvalue weighted by Gasteiger charge is -2.35. The average molecular weight is 535 g/mol. The molecule has 0 bridgehead atoms. The van der Waals surface area contributed by atoms with Crippen LogP contribution < -0.4 is 5.73 Å². The molecule has 1 aliphatic rings. The minimum absolute atomic E-state index is 0.135. The summed E-state index contributed by atoms with van der Waals surface area (Å²) in [6.07, 6.45) is 4.99. The van der Waals surface area contributed by atoms with E-state index in [0.717, 1.165) is 52.9 Å². The van der Waals surface area contributed by atoms with Gasteiger partial charge in [0, 0.05) is 24.8 Å². The molecule has 1 atom stereocenters. The van der Waals surface area contributed by atoms with Crippen LogP contribution in [0.2, 0.25) is 0 Å². The highest BCUT2D eigenvalue weighted by molar-refractivity contribution is 9.07. The topological polar surface area (TPSA) is 111 Å². The molecule has 4 aromatic rings. The number of hydrogen-bond donors (Lipinski definition) is 3. The first-order valence-corrected chi connectivity index (χ1v) is 12.4. The number of aryl methyl sites for hydroxylation is 1. The fraction of sp³-hybridized carbons (Fsp3) is 0.269. The molecule has 5 rings (SSSR count). The Morgan fingerprint density at radius 2 is 2.00 bits per heavy atom. The Kier molecular flexibility index (Phi) is 6.92. The Balaban J connectivity index is 1.51. The number of H-pyrrole nitrogens is 1. The molecule has 0 saturated carbocycles. The van der Waals surface area contributed by atoms with Gasteiger partial charge in [0.25, 0.3) is 5.91 Å². The Morgan fingerprint density at radius 3 is 2.80 bits per heavy atom. The summed E-state index contributed by atoms with van der Waals surface area (Å²) in [4.78, 5) is 27.6. The number of carbonyl (C=O) groups excluding carboxylic acids is 1. The van der Waals surface area contributed by atoms with Gasteiger partial charge in [-0.3, -0.25) is 19.9 Å². The van der Waals surface area contributed by atoms with Crippen LogP contribution in [0.1, 0.15) is 57.5 Å². The number of pyridine rings is 1. The molecule has 0 aliphatic heterocycles. The molecule has 2 aromatic heterocycles. The van der Waals surface area contributed by atoms with Crippen molar-refractivity contribution in [3.05, 3.63) is 94.6 Å². The predicted molar refractivity (Wildman–Crippen MR) is 136 cm³/mol. The van der Waals surface area contributed by atoms with Crippen molar-refractivity contribution in [1.29, 1.82) is 0 Å². The number of nitrogens with one attached hydrogen (secondary N) is 1. The fourth-order valence-electron chi connectivity index (χ4n) is 4.92. The number of carbonyl (C=O) groups is 1. The van der Waals surface area contributed by atoms with Crippen molar-refractivity contribution in [2.24, 2.45) is 5.73 Å². The number of halogens is 1. The Bertz CT molecular complexity index is 1320. The van der Waals surface area contributed by atoms with Gasteiger partial charge in [-0.05, 0) is 66.3 Å². The van der Waals surface area contributed by atoms with Gasteiger partial charge in [-0.2, -0.15) is 0 Å². The van der Waals surface area contributed by atoms with Crippen molar-refractivity contribution in [1.82, 2.24) is 23.9 Å². The van der Waals surface area contributed by atoms with Gasteiger partial charge >= 0.3 is 0 Å². The van der Waals surface area contributed by atoms with Gasteiger partial charge < -0.3 is 10.7 Å². The maximum absolute atomic E-state index is 12.2. The first-order chi connectivity index (χ1) is 17.0. The number of hydrogen-bond acceptors (Lipinski definition) is 6. The van der Waals surface area contributed by atoms with E-state index in [1.807, 2.05) is 42.6 Å². The van der Waals surface area contributed by atoms with E-state index in [-0.39, 0.29) is 12.6 Å². The van der Waals surface area contributed by atoms with Crippen LogP contribution in [0.5, 0.6) is 0 Å². The van der Waals surface area contributed by atoms with Gasteiger partial charge in [0.05, 0.1) is 45.5 Å². The molecule has 0 fully saturated rings. The number of para-hydroxylation sites is 2. The summed E-state index contributed by atoms with van der Waals surface area (Å²) in [6.45, 7) is 1.52. The third-order valence-corrected chi connectivity index (χ3v) is 6.93. The van der Waals surface area contributed by atoms with Crippen LogP contribution in [-0.4, -0.2) is 35.1 Å². The van der Waals surface area contributed by atoms with E-state index in [2.05, 4.69) is 32.1 Å². The van der Waals surface area contributed by atoms with Crippen LogP contribution in [0.15, 0.2) is 60.8 Å². The zero-order valence-electron chi connectivity index (χ0n) is 19.2. The van der Waals surface area contributed by atoms with Gasteiger partial charge in [-0.15, -0.1) is 4.09 Å². The average Bonchev–Trinajstić information content (AvgIpc) is 3.30. The third-order valence-electron chi connectivity index (χ3n) is 6.61. The predicted octanol–water partition coefficient (Wildman–Crippen LogP) is 4.64. The quantitative estimate of drug-likeness (QED) is 0.181. The smallest absolute Gasteiger partial charge is 0.287 e. The number of hydroxylamine groups is 1. The summed E-state index contributed by atoms with van der Waals surface area (Å²) < 4.78 is 0.404. The van der Waals surface area contributed by atoms with Crippen LogP contribution in [-0.2, 0) is 26.1 Å². The number of amides is 1. The zero-order chi connectivity index (χ0) is 24.4. The molecule has 2 heterocycles. The van der Waals surface area contributed by atoms with Crippen LogP contribution in [0.25, 0.3) is 11.0 Å². The highest BCUT2D eigenvalue weighted by Crippen LogP contribution is 2.35. The molecule has 1 amide bonds. The standard InChI is InChI=1S/C26H27BrN6O2/c27-33(35)26(34)18-10-11-19(20(13-18)14-28)15-32(16-24-30-21-7-1-2-8-22(21)31-24)23-9-3-5-17-6-4-12-29-25(17)23/h1-2,4,6-8,10-13,23,35H,3,5,9,14-16,28H2,(H,30,31). The van der Waals surface area contributed by atoms with E-state index in [1.165, 1.54) is 5.56 Å². The number of nitrogens with zero attached hydrogens (tertiary/aromatic N) is 4. The maximum atomic E-state index is 12.2. The van der Waals surface area contributed by atoms with E-state index >= 15 is 0 Å². The molecular weight excluding hydrogens is 508 g/mol. The normalized spacial score (nSPS) is 15.4. The first kappa shape index (κ1) is 23.6. The molecule has 2 aromatic carbocycles. The lowest BCUT2D eigenvalue weighted by atomic mass is 9.90. The third kappa shape index (κ3) is 4.99. The number of rotatable bonds is 7. The van der Waals surface area contributed by atoms with Crippen molar-refractivity contribution >= 4 is 33.1 Å². The van der Waals surface area contributed by atoms with Crippen molar-refractivity contribution in [2.45, 2.75) is 44.9 Å². The minimum Gasteiger partial charge on any atom is -0.341 e. The summed E-state index contributed by atoms with van der Waals surface area (Å²) in [5, 5.41) is 9.48. The van der Waals surface area contributed by atoms with Gasteiger partial charge in [-0.1, -0.05) is 24.3 Å². The summed E-state index contributed by atoms with van der Waals surface area (Å²) in [5.74, 6) is 0.348. The zero-order valence-corrected chi connectivity index (χ0v) is 20.8. The molecule has 0 saturated heterocycles. The number of nitrogens with two attached hydrogens (primary N) is 1. The molecular formula is C26H27BrN6O2. The second-order valence-electron chi connectivity index (χ2n) is 8.81. The summed E-state index contributed by atoms with van der Waals surface area (Å²) in [5.41, 5.74) is 12.7. The van der Waals surface area contributed by atoms with Gasteiger partial charge in [-0.25, -0.2) is 4.98 Å². The van der Waals surface area contributed by atoms with Crippen LogP contribution in [0, 0.1) is 0 Å². The van der Waals surface area contributed by atoms with Gasteiger partial charge in [0.15, 0.2) is 0 Å². The van der Waals surface area contributed by atoms with Crippen molar-refractivity contribution < 1.29 is 10.0 Å². The first-order valence-electron chi connectivity index (χ1n) is 11.7. The molecule has 180 valence electrons. The minimum atomic E-state index is -0.546. The van der Waals surface area contributed by atoms with E-state index < -0.39 is 5.91 Å². The molecule has 4 N–H and O–H groups in total. The summed E-state index contributed by atoms with van der Waals surface area (Å²) in [7, 11) is 0. The summed E-state index contributed by atoms with van der Waals surface area (Å²) >= 11 is 2.78. The number of imidazole rings is 1. The number of aromatic amines is 1. The highest BCUT2D eigenvalue weighted by atomic mass is 79.9. The van der Waals surface area contributed by atoms with Gasteiger partial charge in [0.2, 0.25) is 0 Å². The number of fused-ring (bicyclic) bond motifs is 2. The second kappa shape index (κ2) is 10.2. The Morgan fingerprint density at radius 1 is 1.14 bits per heavy atom. The SMILES string of the molecule is NCc1cc(C(=O)N(O)Br)ccc1CN(Cc1nc2ccccc2[nH]1)C1CCCc2cccnc21.